The maximum absolute atomic E-state index is 11.3. The van der Waals surface area contributed by atoms with Gasteiger partial charge in [-0.05, 0) is 38.7 Å². The molecule has 1 atom stereocenters. The second kappa shape index (κ2) is 6.66. The van der Waals surface area contributed by atoms with Gasteiger partial charge in [-0.2, -0.15) is 0 Å². The van der Waals surface area contributed by atoms with Gasteiger partial charge in [-0.15, -0.1) is 0 Å². The standard InChI is InChI=1S/C17H22N2O2/c1-4-5-8-14-13(3)18-12(2)11-16(14)15-9-6-7-10-17(15)19(20)21/h6-7,9-10,16H,4-5,8,11H2,1-3H3. The van der Waals surface area contributed by atoms with E-state index in [0.29, 0.717) is 0 Å². The van der Waals surface area contributed by atoms with Crippen molar-refractivity contribution in [1.82, 2.24) is 0 Å². The van der Waals surface area contributed by atoms with E-state index in [0.717, 1.165) is 42.7 Å². The molecule has 1 aromatic rings. The van der Waals surface area contributed by atoms with Gasteiger partial charge in [-0.3, -0.25) is 15.1 Å². The molecule has 0 saturated heterocycles. The Morgan fingerprint density at radius 3 is 2.71 bits per heavy atom. The highest BCUT2D eigenvalue weighted by atomic mass is 16.6. The molecular weight excluding hydrogens is 264 g/mol. The number of nitro benzene ring substituents is 1. The molecule has 2 rings (SSSR count). The molecule has 0 amide bonds. The number of unbranched alkanes of at least 4 members (excludes halogenated alkanes) is 1. The summed E-state index contributed by atoms with van der Waals surface area (Å²) >= 11 is 0. The Kier molecular flexibility index (Phi) is 4.89. The zero-order valence-electron chi connectivity index (χ0n) is 12.9. The molecule has 1 unspecified atom stereocenters. The van der Waals surface area contributed by atoms with Gasteiger partial charge in [0, 0.05) is 29.0 Å². The Hall–Kier alpha value is -1.97. The molecule has 0 bridgehead atoms. The number of nitrogens with zero attached hydrogens (tertiary/aromatic N) is 2. The molecule has 1 aliphatic heterocycles. The molecule has 21 heavy (non-hydrogen) atoms. The van der Waals surface area contributed by atoms with Gasteiger partial charge >= 0.3 is 0 Å². The van der Waals surface area contributed by atoms with E-state index < -0.39 is 0 Å². The summed E-state index contributed by atoms with van der Waals surface area (Å²) in [6.45, 7) is 6.19. The smallest absolute Gasteiger partial charge is 0.263 e. The molecule has 1 aliphatic rings. The predicted molar refractivity (Wildman–Crippen MR) is 85.8 cm³/mol. The van der Waals surface area contributed by atoms with Gasteiger partial charge in [0.25, 0.3) is 5.69 Å². The van der Waals surface area contributed by atoms with Crippen molar-refractivity contribution in [3.63, 3.8) is 0 Å². The maximum Gasteiger partial charge on any atom is 0.273 e. The molecule has 0 aromatic heterocycles. The van der Waals surface area contributed by atoms with Crippen LogP contribution in [0.15, 0.2) is 40.5 Å². The van der Waals surface area contributed by atoms with Crippen LogP contribution in [0.1, 0.15) is 57.9 Å². The van der Waals surface area contributed by atoms with Gasteiger partial charge in [-0.1, -0.05) is 31.5 Å². The van der Waals surface area contributed by atoms with E-state index >= 15 is 0 Å². The molecule has 0 fully saturated rings. The average molecular weight is 286 g/mol. The van der Waals surface area contributed by atoms with E-state index in [1.807, 2.05) is 26.0 Å². The van der Waals surface area contributed by atoms with Crippen molar-refractivity contribution in [2.24, 2.45) is 4.99 Å². The quantitative estimate of drug-likeness (QED) is 0.564. The Labute approximate surface area is 125 Å². The summed E-state index contributed by atoms with van der Waals surface area (Å²) in [6.07, 6.45) is 3.96. The number of para-hydroxylation sites is 1. The van der Waals surface area contributed by atoms with E-state index in [1.54, 1.807) is 12.1 Å². The Morgan fingerprint density at radius 1 is 1.33 bits per heavy atom. The van der Waals surface area contributed by atoms with Gasteiger partial charge in [0.2, 0.25) is 0 Å². The lowest BCUT2D eigenvalue weighted by atomic mass is 9.81. The number of hydrogen-bond donors (Lipinski definition) is 0. The molecule has 0 N–H and O–H groups in total. The minimum Gasteiger partial charge on any atom is -0.263 e. The number of allylic oxidation sites excluding steroid dienone is 2. The zero-order chi connectivity index (χ0) is 15.4. The third-order valence-electron chi connectivity index (χ3n) is 4.05. The molecule has 0 saturated carbocycles. The molecule has 0 radical (unpaired) electrons. The minimum atomic E-state index is -0.275. The number of nitro groups is 1. The SMILES string of the molecule is CCCCC1=C(C)N=C(C)CC1c1ccccc1[N+](=O)[O-]. The lowest BCUT2D eigenvalue weighted by Crippen LogP contribution is -2.15. The predicted octanol–water partition coefficient (Wildman–Crippen LogP) is 5.01. The fourth-order valence-corrected chi connectivity index (χ4v) is 3.04. The summed E-state index contributed by atoms with van der Waals surface area (Å²) in [7, 11) is 0. The third kappa shape index (κ3) is 3.38. The van der Waals surface area contributed by atoms with E-state index in [1.165, 1.54) is 5.57 Å². The highest BCUT2D eigenvalue weighted by molar-refractivity contribution is 5.85. The second-order valence-corrected chi connectivity index (χ2v) is 5.63. The van der Waals surface area contributed by atoms with E-state index in [9.17, 15) is 10.1 Å². The number of rotatable bonds is 5. The van der Waals surface area contributed by atoms with Crippen molar-refractivity contribution in [3.8, 4) is 0 Å². The van der Waals surface area contributed by atoms with Crippen LogP contribution in [-0.2, 0) is 0 Å². The van der Waals surface area contributed by atoms with Crippen LogP contribution in [0.3, 0.4) is 0 Å². The Morgan fingerprint density at radius 2 is 2.05 bits per heavy atom. The fraction of sp³-hybridized carbons (Fsp3) is 0.471. The van der Waals surface area contributed by atoms with E-state index in [2.05, 4.69) is 11.9 Å². The van der Waals surface area contributed by atoms with E-state index in [-0.39, 0.29) is 16.5 Å². The Bertz CT molecular complexity index is 603. The van der Waals surface area contributed by atoms with Crippen LogP contribution in [0.25, 0.3) is 0 Å². The number of aliphatic imine (C=N–C) groups is 1. The van der Waals surface area contributed by atoms with Crippen LogP contribution in [0, 0.1) is 10.1 Å². The molecule has 4 nitrogen and oxygen atoms in total. The first kappa shape index (κ1) is 15.4. The highest BCUT2D eigenvalue weighted by Crippen LogP contribution is 2.40. The van der Waals surface area contributed by atoms with Crippen molar-refractivity contribution in [1.29, 1.82) is 0 Å². The zero-order valence-corrected chi connectivity index (χ0v) is 12.9. The average Bonchev–Trinajstić information content (AvgIpc) is 2.45. The molecule has 112 valence electrons. The van der Waals surface area contributed by atoms with Gasteiger partial charge in [0.05, 0.1) is 4.92 Å². The summed E-state index contributed by atoms with van der Waals surface area (Å²) < 4.78 is 0. The summed E-state index contributed by atoms with van der Waals surface area (Å²) in [5.41, 5.74) is 4.39. The monoisotopic (exact) mass is 286 g/mol. The number of benzene rings is 1. The lowest BCUT2D eigenvalue weighted by Gasteiger charge is -2.26. The molecule has 0 spiro atoms. The van der Waals surface area contributed by atoms with Gasteiger partial charge in [-0.25, -0.2) is 0 Å². The van der Waals surface area contributed by atoms with Crippen LogP contribution in [0.5, 0.6) is 0 Å². The first-order valence-electron chi connectivity index (χ1n) is 7.51. The molecule has 1 heterocycles. The topological polar surface area (TPSA) is 55.5 Å². The summed E-state index contributed by atoms with van der Waals surface area (Å²) in [6, 6.07) is 7.10. The first-order valence-corrected chi connectivity index (χ1v) is 7.51. The van der Waals surface area contributed by atoms with Crippen LogP contribution < -0.4 is 0 Å². The third-order valence-corrected chi connectivity index (χ3v) is 4.05. The Balaban J connectivity index is 2.46. The van der Waals surface area contributed by atoms with Crippen LogP contribution in [0.4, 0.5) is 5.69 Å². The van der Waals surface area contributed by atoms with Crippen molar-refractivity contribution < 1.29 is 4.92 Å². The molecule has 0 aliphatic carbocycles. The molecule has 4 heteroatoms. The first-order chi connectivity index (χ1) is 10.0. The van der Waals surface area contributed by atoms with Crippen LogP contribution in [-0.4, -0.2) is 10.6 Å². The summed E-state index contributed by atoms with van der Waals surface area (Å²) in [4.78, 5) is 15.6. The van der Waals surface area contributed by atoms with Crippen molar-refractivity contribution in [2.75, 3.05) is 0 Å². The second-order valence-electron chi connectivity index (χ2n) is 5.63. The number of hydrogen-bond acceptors (Lipinski definition) is 3. The van der Waals surface area contributed by atoms with Gasteiger partial charge in [0.1, 0.15) is 0 Å². The summed E-state index contributed by atoms with van der Waals surface area (Å²) in [5.74, 6) is 0.0932. The molecule has 1 aromatic carbocycles. The van der Waals surface area contributed by atoms with Crippen LogP contribution in [0.2, 0.25) is 0 Å². The van der Waals surface area contributed by atoms with Crippen LogP contribution >= 0.6 is 0 Å². The normalized spacial score (nSPS) is 18.6. The van der Waals surface area contributed by atoms with Gasteiger partial charge < -0.3 is 0 Å². The fourth-order valence-electron chi connectivity index (χ4n) is 3.04. The van der Waals surface area contributed by atoms with Crippen molar-refractivity contribution in [3.05, 3.63) is 51.2 Å². The van der Waals surface area contributed by atoms with Crippen molar-refractivity contribution >= 4 is 11.4 Å². The van der Waals surface area contributed by atoms with E-state index in [4.69, 9.17) is 0 Å². The maximum atomic E-state index is 11.3. The lowest BCUT2D eigenvalue weighted by molar-refractivity contribution is -0.385. The minimum absolute atomic E-state index is 0.0932. The summed E-state index contributed by atoms with van der Waals surface area (Å²) in [5, 5.41) is 11.3. The molecular formula is C17H22N2O2. The largest absolute Gasteiger partial charge is 0.273 e. The van der Waals surface area contributed by atoms with Gasteiger partial charge in [0.15, 0.2) is 0 Å². The highest BCUT2D eigenvalue weighted by Gasteiger charge is 2.28. The van der Waals surface area contributed by atoms with Crippen molar-refractivity contribution in [2.45, 2.75) is 52.4 Å².